The fourth-order valence-electron chi connectivity index (χ4n) is 1.23. The van der Waals surface area contributed by atoms with Gasteiger partial charge in [-0.15, -0.1) is 10.2 Å². The van der Waals surface area contributed by atoms with Gasteiger partial charge < -0.3 is 0 Å². The summed E-state index contributed by atoms with van der Waals surface area (Å²) in [5, 5.41) is 18.3. The van der Waals surface area contributed by atoms with Crippen molar-refractivity contribution in [1.29, 1.82) is 0 Å². The topological polar surface area (TPSA) is 67.9 Å². The van der Waals surface area contributed by atoms with E-state index in [1.54, 1.807) is 12.2 Å². The molecule has 0 saturated carbocycles. The van der Waals surface area contributed by atoms with Crippen LogP contribution in [-0.2, 0) is 0 Å². The van der Waals surface area contributed by atoms with E-state index in [1.807, 2.05) is 22.6 Å². The summed E-state index contributed by atoms with van der Waals surface area (Å²) in [6, 6.07) is -0.790. The van der Waals surface area contributed by atoms with Crippen LogP contribution in [0.1, 0.15) is 0 Å². The highest BCUT2D eigenvalue weighted by molar-refractivity contribution is 14.1. The third-order valence-electron chi connectivity index (χ3n) is 1.81. The average Bonchev–Trinajstić information content (AvgIpc) is 2.48. The molecule has 13 heavy (non-hydrogen) atoms. The highest BCUT2D eigenvalue weighted by Gasteiger charge is 2.33. The number of halogens is 1. The maximum absolute atomic E-state index is 10.6. The molecule has 2 aliphatic rings. The molecule has 1 atom stereocenters. The zero-order valence-corrected chi connectivity index (χ0v) is 8.50. The lowest BCUT2D eigenvalue weighted by molar-refractivity contribution is -0.498. The fraction of sp³-hybridized carbons (Fsp3) is 0.143. The second-order valence-corrected chi connectivity index (χ2v) is 3.59. The fourth-order valence-corrected chi connectivity index (χ4v) is 1.93. The molecule has 0 amide bonds. The van der Waals surface area contributed by atoms with Crippen molar-refractivity contribution < 1.29 is 4.92 Å². The molecule has 0 aromatic rings. The van der Waals surface area contributed by atoms with Crippen LogP contribution in [0.4, 0.5) is 0 Å². The number of hydrogen-bond donors (Lipinski definition) is 0. The van der Waals surface area contributed by atoms with Gasteiger partial charge in [-0.1, -0.05) is 6.08 Å². The van der Waals surface area contributed by atoms with Crippen LogP contribution >= 0.6 is 22.6 Å². The first kappa shape index (κ1) is 8.54. The van der Waals surface area contributed by atoms with Crippen LogP contribution < -0.4 is 0 Å². The van der Waals surface area contributed by atoms with Crippen LogP contribution in [0, 0.1) is 10.1 Å². The molecule has 0 radical (unpaired) electrons. The minimum absolute atomic E-state index is 0.339. The van der Waals surface area contributed by atoms with E-state index in [4.69, 9.17) is 0 Å². The summed E-state index contributed by atoms with van der Waals surface area (Å²) in [6.45, 7) is 0. The Kier molecular flexibility index (Phi) is 1.98. The van der Waals surface area contributed by atoms with E-state index >= 15 is 0 Å². The summed E-state index contributed by atoms with van der Waals surface area (Å²) in [4.78, 5) is 10.3. The summed E-state index contributed by atoms with van der Waals surface area (Å²) in [7, 11) is 0. The van der Waals surface area contributed by atoms with Gasteiger partial charge in [0.2, 0.25) is 0 Å². The third kappa shape index (κ3) is 1.30. The number of nitro groups is 1. The van der Waals surface area contributed by atoms with E-state index in [0.29, 0.717) is 15.0 Å². The zero-order valence-electron chi connectivity index (χ0n) is 6.35. The smallest absolute Gasteiger partial charge is 0.261 e. The first-order valence-corrected chi connectivity index (χ1v) is 4.62. The number of nitrogens with zero attached hydrogens (tertiary/aromatic N) is 3. The molecule has 66 valence electrons. The maximum Gasteiger partial charge on any atom is 0.261 e. The maximum atomic E-state index is 10.6. The normalized spacial score (nSPS) is 24.7. The van der Waals surface area contributed by atoms with Crippen molar-refractivity contribution in [3.8, 4) is 0 Å². The molecule has 0 aromatic heterocycles. The molecule has 0 unspecified atom stereocenters. The number of azo groups is 1. The molecule has 0 saturated heterocycles. The van der Waals surface area contributed by atoms with E-state index < -0.39 is 6.04 Å². The Morgan fingerprint density at radius 3 is 3.00 bits per heavy atom. The molecule has 0 N–H and O–H groups in total. The Morgan fingerprint density at radius 1 is 1.54 bits per heavy atom. The molecule has 2 rings (SSSR count). The van der Waals surface area contributed by atoms with Gasteiger partial charge in [-0.2, -0.15) is 0 Å². The van der Waals surface area contributed by atoms with Crippen molar-refractivity contribution in [1.82, 2.24) is 0 Å². The quantitative estimate of drug-likeness (QED) is 0.321. The summed E-state index contributed by atoms with van der Waals surface area (Å²) in [5.74, 6) is 0. The third-order valence-corrected chi connectivity index (χ3v) is 2.61. The van der Waals surface area contributed by atoms with Crippen molar-refractivity contribution in [3.05, 3.63) is 43.3 Å². The highest BCUT2D eigenvalue weighted by atomic mass is 127. The van der Waals surface area contributed by atoms with Crippen molar-refractivity contribution in [2.24, 2.45) is 10.2 Å². The van der Waals surface area contributed by atoms with Gasteiger partial charge in [0, 0.05) is 4.92 Å². The molecule has 6 heteroatoms. The van der Waals surface area contributed by atoms with Crippen LogP contribution in [0.2, 0.25) is 0 Å². The minimum Gasteiger partial charge on any atom is -0.264 e. The molecule has 0 bridgehead atoms. The SMILES string of the molecule is O=[N+]([O-])[C@H]1C=CC=C2N=NC(I)=C21. The number of hydrogen-bond acceptors (Lipinski definition) is 4. The molecule has 0 spiro atoms. The van der Waals surface area contributed by atoms with Crippen molar-refractivity contribution in [3.63, 3.8) is 0 Å². The van der Waals surface area contributed by atoms with Gasteiger partial charge in [-0.3, -0.25) is 10.1 Å². The van der Waals surface area contributed by atoms with Gasteiger partial charge >= 0.3 is 0 Å². The number of rotatable bonds is 1. The first-order chi connectivity index (χ1) is 6.20. The summed E-state index contributed by atoms with van der Waals surface area (Å²) in [6.07, 6.45) is 4.90. The largest absolute Gasteiger partial charge is 0.264 e. The van der Waals surface area contributed by atoms with Crippen molar-refractivity contribution >= 4 is 22.6 Å². The van der Waals surface area contributed by atoms with Gasteiger partial charge in [0.15, 0.2) is 0 Å². The Morgan fingerprint density at radius 2 is 2.31 bits per heavy atom. The monoisotopic (exact) mass is 289 g/mol. The summed E-state index contributed by atoms with van der Waals surface area (Å²) in [5.41, 5.74) is 1.21. The van der Waals surface area contributed by atoms with Crippen LogP contribution in [0.3, 0.4) is 0 Å². The van der Waals surface area contributed by atoms with Crippen LogP contribution in [0.25, 0.3) is 0 Å². The van der Waals surface area contributed by atoms with Gasteiger partial charge in [0.05, 0.1) is 11.3 Å². The van der Waals surface area contributed by atoms with E-state index in [1.165, 1.54) is 6.08 Å². The average molecular weight is 289 g/mol. The molecule has 5 nitrogen and oxygen atoms in total. The Bertz CT molecular complexity index is 395. The van der Waals surface area contributed by atoms with Crippen LogP contribution in [0.15, 0.2) is 43.4 Å². The predicted molar refractivity (Wildman–Crippen MR) is 53.9 cm³/mol. The first-order valence-electron chi connectivity index (χ1n) is 3.54. The summed E-state index contributed by atoms with van der Waals surface area (Å²) >= 11 is 1.96. The molecule has 0 fully saturated rings. The standard InChI is InChI=1S/C7H4IN3O2/c8-7-6-4(9-10-7)2-1-3-5(6)11(12)13/h1-3,5H/t5-/m0/s1. The predicted octanol–water partition coefficient (Wildman–Crippen LogP) is 2.20. The lowest BCUT2D eigenvalue weighted by atomic mass is 10.0. The zero-order chi connectivity index (χ0) is 9.42. The van der Waals surface area contributed by atoms with Crippen molar-refractivity contribution in [2.75, 3.05) is 0 Å². The number of allylic oxidation sites excluding steroid dienone is 2. The van der Waals surface area contributed by atoms with E-state index in [2.05, 4.69) is 10.2 Å². The molecular weight excluding hydrogens is 285 g/mol. The number of fused-ring (bicyclic) bond motifs is 1. The second-order valence-electron chi connectivity index (χ2n) is 2.57. The van der Waals surface area contributed by atoms with Gasteiger partial charge in [0.1, 0.15) is 3.70 Å². The highest BCUT2D eigenvalue weighted by Crippen LogP contribution is 2.35. The lowest BCUT2D eigenvalue weighted by Gasteiger charge is -2.09. The molecule has 1 heterocycles. The van der Waals surface area contributed by atoms with Gasteiger partial charge in [-0.05, 0) is 34.7 Å². The van der Waals surface area contributed by atoms with Gasteiger partial charge in [-0.25, -0.2) is 0 Å². The second kappa shape index (κ2) is 3.02. The van der Waals surface area contributed by atoms with Crippen LogP contribution in [0.5, 0.6) is 0 Å². The summed E-state index contributed by atoms with van der Waals surface area (Å²) < 4.78 is 0.606. The molecule has 1 aliphatic heterocycles. The molecule has 0 aromatic carbocycles. The minimum atomic E-state index is -0.790. The van der Waals surface area contributed by atoms with E-state index in [9.17, 15) is 10.1 Å². The Labute approximate surface area is 87.2 Å². The Hall–Kier alpha value is -1.05. The van der Waals surface area contributed by atoms with Crippen molar-refractivity contribution in [2.45, 2.75) is 6.04 Å². The van der Waals surface area contributed by atoms with Gasteiger partial charge in [0.25, 0.3) is 6.04 Å². The van der Waals surface area contributed by atoms with Crippen LogP contribution in [-0.4, -0.2) is 11.0 Å². The molecule has 1 aliphatic carbocycles. The van der Waals surface area contributed by atoms with E-state index in [0.717, 1.165) is 0 Å². The molecular formula is C7H4IN3O2. The van der Waals surface area contributed by atoms with E-state index in [-0.39, 0.29) is 4.92 Å². The lowest BCUT2D eigenvalue weighted by Crippen LogP contribution is -2.21. The Balaban J connectivity index is 2.48.